The number of hydrogen-bond donors (Lipinski definition) is 1. The lowest BCUT2D eigenvalue weighted by atomic mass is 9.78. The Morgan fingerprint density at radius 2 is 1.04 bits per heavy atom. The number of amides is 1. The molecule has 0 fully saturated rings. The van der Waals surface area contributed by atoms with Gasteiger partial charge in [0.05, 0.1) is 81.4 Å². The highest BCUT2D eigenvalue weighted by Crippen LogP contribution is 2.52. The number of para-hydroxylation sites is 2. The van der Waals surface area contributed by atoms with E-state index in [-0.39, 0.29) is 23.7 Å². The molecule has 0 radical (unpaired) electrons. The van der Waals surface area contributed by atoms with Gasteiger partial charge in [0.15, 0.2) is 40.3 Å². The fourth-order valence-electron chi connectivity index (χ4n) is 7.30. The van der Waals surface area contributed by atoms with E-state index in [4.69, 9.17) is 42.6 Å². The highest BCUT2D eigenvalue weighted by Gasteiger charge is 2.43. The lowest BCUT2D eigenvalue weighted by Crippen LogP contribution is -2.38. The molecule has 54 heavy (non-hydrogen) atoms. The Hall–Kier alpha value is -6.24. The van der Waals surface area contributed by atoms with Crippen molar-refractivity contribution >= 4 is 23.1 Å². The van der Waals surface area contributed by atoms with Gasteiger partial charge in [-0.25, -0.2) is 0 Å². The molecule has 0 aromatic heterocycles. The summed E-state index contributed by atoms with van der Waals surface area (Å²) in [6.07, 6.45) is 0.545. The molecule has 1 amide bonds. The van der Waals surface area contributed by atoms with Gasteiger partial charge in [0.25, 0.3) is 5.91 Å². The summed E-state index contributed by atoms with van der Waals surface area (Å²) in [5, 5.41) is 3.57. The van der Waals surface area contributed by atoms with Crippen LogP contribution in [0.3, 0.4) is 0 Å². The maximum atomic E-state index is 15.2. The topological polar surface area (TPSA) is 132 Å². The zero-order chi connectivity index (χ0) is 38.7. The van der Waals surface area contributed by atoms with Crippen LogP contribution in [0.15, 0.2) is 71.9 Å². The van der Waals surface area contributed by atoms with Crippen LogP contribution in [0.4, 0.5) is 11.4 Å². The van der Waals surface area contributed by atoms with Crippen molar-refractivity contribution in [2.24, 2.45) is 0 Å². The minimum Gasteiger partial charge on any atom is -0.493 e. The first-order valence-electron chi connectivity index (χ1n) is 17.1. The van der Waals surface area contributed by atoms with E-state index < -0.39 is 11.9 Å². The number of nitrogens with zero attached hydrogens (tertiary/aromatic N) is 1. The molecule has 2 atom stereocenters. The third-order valence-electron chi connectivity index (χ3n) is 9.78. The number of nitrogens with one attached hydrogen (secondary N) is 1. The van der Waals surface area contributed by atoms with Crippen molar-refractivity contribution in [1.29, 1.82) is 0 Å². The van der Waals surface area contributed by atoms with E-state index in [1.807, 2.05) is 36.4 Å². The first-order valence-corrected chi connectivity index (χ1v) is 17.1. The molecular formula is C41H44N2O11. The fraction of sp³-hybridized carbons (Fsp3) is 0.317. The SMILES string of the molecule is COc1cc(C(=O)N2c3ccccc3NC3=C(C(=O)C[C@H](c4cc(OC)c(OC)c(OC)c4)C3)[C@@H]2c2cc(OC)c(OC)c(OC)c2)cc(OC)c1OC. The van der Waals surface area contributed by atoms with Gasteiger partial charge >= 0.3 is 0 Å². The van der Waals surface area contributed by atoms with E-state index in [2.05, 4.69) is 5.32 Å². The minimum atomic E-state index is -0.968. The largest absolute Gasteiger partial charge is 0.493 e. The third kappa shape index (κ3) is 6.50. The number of benzene rings is 4. The molecule has 13 heteroatoms. The number of anilines is 2. The minimum absolute atomic E-state index is 0.128. The first-order chi connectivity index (χ1) is 26.2. The third-order valence-corrected chi connectivity index (χ3v) is 9.78. The van der Waals surface area contributed by atoms with Crippen LogP contribution >= 0.6 is 0 Å². The Balaban J connectivity index is 1.62. The van der Waals surface area contributed by atoms with Crippen LogP contribution in [0.5, 0.6) is 51.7 Å². The monoisotopic (exact) mass is 740 g/mol. The zero-order valence-electron chi connectivity index (χ0n) is 31.8. The molecule has 1 aliphatic heterocycles. The van der Waals surface area contributed by atoms with E-state index in [1.54, 1.807) is 50.5 Å². The molecule has 0 saturated carbocycles. The molecule has 4 aromatic carbocycles. The average molecular weight is 741 g/mol. The van der Waals surface area contributed by atoms with Gasteiger partial charge in [0, 0.05) is 23.3 Å². The second kappa shape index (κ2) is 15.8. The van der Waals surface area contributed by atoms with Crippen molar-refractivity contribution in [1.82, 2.24) is 0 Å². The molecule has 4 aromatic rings. The summed E-state index contributed by atoms with van der Waals surface area (Å²) in [6.45, 7) is 0. The second-order valence-corrected chi connectivity index (χ2v) is 12.5. The van der Waals surface area contributed by atoms with Crippen LogP contribution in [-0.4, -0.2) is 75.7 Å². The molecule has 2 aliphatic rings. The lowest BCUT2D eigenvalue weighted by Gasteiger charge is -2.35. The van der Waals surface area contributed by atoms with Crippen molar-refractivity contribution in [2.45, 2.75) is 24.8 Å². The summed E-state index contributed by atoms with van der Waals surface area (Å²) in [7, 11) is 13.7. The van der Waals surface area contributed by atoms with Crippen molar-refractivity contribution in [2.75, 3.05) is 74.2 Å². The predicted octanol–water partition coefficient (Wildman–Crippen LogP) is 6.98. The second-order valence-electron chi connectivity index (χ2n) is 12.5. The summed E-state index contributed by atoms with van der Waals surface area (Å²) in [5.41, 5.74) is 3.83. The Labute approximate surface area is 314 Å². The number of Topliss-reactive ketones (excluding diaryl/α,β-unsaturated/α-hetero) is 1. The average Bonchev–Trinajstić information content (AvgIpc) is 3.36. The molecule has 0 saturated heterocycles. The van der Waals surface area contributed by atoms with Crippen LogP contribution < -0.4 is 52.8 Å². The summed E-state index contributed by atoms with van der Waals surface area (Å²) in [4.78, 5) is 31.7. The fourth-order valence-corrected chi connectivity index (χ4v) is 7.30. The number of ketones is 1. The normalized spacial score (nSPS) is 16.2. The molecule has 1 aliphatic carbocycles. The van der Waals surface area contributed by atoms with Gasteiger partial charge in [-0.05, 0) is 72.0 Å². The molecule has 0 spiro atoms. The first kappa shape index (κ1) is 37.5. The summed E-state index contributed by atoms with van der Waals surface area (Å²) in [5.74, 6) is 2.56. The molecule has 1 N–H and O–H groups in total. The van der Waals surface area contributed by atoms with Crippen LogP contribution in [0, 0.1) is 0 Å². The molecule has 284 valence electrons. The Kier molecular flexibility index (Phi) is 11.0. The van der Waals surface area contributed by atoms with E-state index in [0.29, 0.717) is 86.4 Å². The van der Waals surface area contributed by atoms with Crippen LogP contribution in [-0.2, 0) is 4.79 Å². The zero-order valence-corrected chi connectivity index (χ0v) is 31.8. The Morgan fingerprint density at radius 1 is 0.593 bits per heavy atom. The van der Waals surface area contributed by atoms with E-state index in [0.717, 1.165) is 5.56 Å². The highest BCUT2D eigenvalue weighted by molar-refractivity contribution is 6.12. The van der Waals surface area contributed by atoms with Crippen molar-refractivity contribution in [3.63, 3.8) is 0 Å². The number of methoxy groups -OCH3 is 9. The van der Waals surface area contributed by atoms with Crippen molar-refractivity contribution < 1.29 is 52.2 Å². The molecule has 6 rings (SSSR count). The van der Waals surface area contributed by atoms with Gasteiger partial charge in [0.2, 0.25) is 17.2 Å². The van der Waals surface area contributed by atoms with Gasteiger partial charge in [-0.15, -0.1) is 0 Å². The van der Waals surface area contributed by atoms with Gasteiger partial charge in [-0.2, -0.15) is 0 Å². The molecule has 13 nitrogen and oxygen atoms in total. The number of ether oxygens (including phenoxy) is 9. The highest BCUT2D eigenvalue weighted by atomic mass is 16.5. The van der Waals surface area contributed by atoms with E-state index in [9.17, 15) is 4.79 Å². The Morgan fingerprint density at radius 3 is 1.50 bits per heavy atom. The lowest BCUT2D eigenvalue weighted by molar-refractivity contribution is -0.116. The molecule has 0 bridgehead atoms. The Bertz CT molecular complexity index is 2040. The van der Waals surface area contributed by atoms with Crippen molar-refractivity contribution in [3.8, 4) is 51.7 Å². The van der Waals surface area contributed by atoms with Crippen molar-refractivity contribution in [3.05, 3.63) is 88.6 Å². The smallest absolute Gasteiger partial charge is 0.259 e. The van der Waals surface area contributed by atoms with E-state index >= 15 is 4.79 Å². The number of fused-ring (bicyclic) bond motifs is 1. The summed E-state index contributed by atoms with van der Waals surface area (Å²) >= 11 is 0. The van der Waals surface area contributed by atoms with E-state index in [1.165, 1.54) is 42.7 Å². The van der Waals surface area contributed by atoms with Gasteiger partial charge in [-0.3, -0.25) is 14.5 Å². The van der Waals surface area contributed by atoms with Gasteiger partial charge in [0.1, 0.15) is 0 Å². The molecule has 1 heterocycles. The number of carbonyl (C=O) groups excluding carboxylic acids is 2. The number of hydrogen-bond acceptors (Lipinski definition) is 12. The number of rotatable bonds is 12. The standard InChI is InChI=1S/C41H44N2O11/c1-46-30-16-23(17-31(47-2)38(30)52-7)22-14-27-36(29(44)15-22)37(24-18-32(48-3)39(53-8)33(19-24)49-4)43(28-13-11-10-12-26(28)42-27)41(45)25-20-34(50-5)40(54-9)35(21-25)51-6/h10-13,16-22,37,42H,14-15H2,1-9H3/t22-,37+/m1/s1. The summed E-state index contributed by atoms with van der Waals surface area (Å²) in [6, 6.07) is 16.9. The predicted molar refractivity (Wildman–Crippen MR) is 202 cm³/mol. The molecular weight excluding hydrogens is 696 g/mol. The maximum absolute atomic E-state index is 15.2. The number of allylic oxidation sites excluding steroid dienone is 1. The van der Waals surface area contributed by atoms with Crippen LogP contribution in [0.2, 0.25) is 0 Å². The van der Waals surface area contributed by atoms with Gasteiger partial charge in [-0.1, -0.05) is 12.1 Å². The van der Waals surface area contributed by atoms with Crippen LogP contribution in [0.25, 0.3) is 0 Å². The summed E-state index contributed by atoms with van der Waals surface area (Å²) < 4.78 is 50.9. The molecule has 0 unspecified atom stereocenters. The quantitative estimate of drug-likeness (QED) is 0.161. The van der Waals surface area contributed by atoms with Gasteiger partial charge < -0.3 is 47.9 Å². The maximum Gasteiger partial charge on any atom is 0.259 e. The number of carbonyl (C=O) groups is 2. The van der Waals surface area contributed by atoms with Crippen LogP contribution in [0.1, 0.15) is 46.3 Å².